The number of carbonyl (C=O) groups is 1. The molecule has 1 N–H and O–H groups in total. The van der Waals surface area contributed by atoms with Crippen molar-refractivity contribution in [3.63, 3.8) is 0 Å². The highest BCUT2D eigenvalue weighted by atomic mass is 35.5. The van der Waals surface area contributed by atoms with Gasteiger partial charge in [-0.2, -0.15) is 0 Å². The summed E-state index contributed by atoms with van der Waals surface area (Å²) in [5.74, 6) is -0.399. The Hall–Kier alpha value is -2.54. The summed E-state index contributed by atoms with van der Waals surface area (Å²) in [7, 11) is -3.97. The third-order valence-electron chi connectivity index (χ3n) is 4.97. The molecule has 0 fully saturated rings. The average Bonchev–Trinajstić information content (AvgIpc) is 2.74. The van der Waals surface area contributed by atoms with E-state index in [1.54, 1.807) is 61.5 Å². The molecule has 0 atom stereocenters. The van der Waals surface area contributed by atoms with Crippen LogP contribution in [0.25, 0.3) is 0 Å². The third kappa shape index (κ3) is 6.03. The molecule has 0 saturated heterocycles. The molecule has 3 aromatic rings. The summed E-state index contributed by atoms with van der Waals surface area (Å²) in [6.45, 7) is 3.67. The minimum atomic E-state index is -3.97. The van der Waals surface area contributed by atoms with E-state index in [-0.39, 0.29) is 11.4 Å². The monoisotopic (exact) mass is 490 g/mol. The Morgan fingerprint density at radius 1 is 0.906 bits per heavy atom. The first-order valence-electron chi connectivity index (χ1n) is 10.0. The fraction of sp³-hybridized carbons (Fsp3) is 0.208. The maximum Gasteiger partial charge on any atom is 0.264 e. The van der Waals surface area contributed by atoms with Gasteiger partial charge in [0.25, 0.3) is 10.0 Å². The fourth-order valence-corrected chi connectivity index (χ4v) is 5.06. The normalized spacial score (nSPS) is 11.2. The molecule has 0 aliphatic carbocycles. The van der Waals surface area contributed by atoms with Crippen molar-refractivity contribution >= 4 is 44.8 Å². The molecule has 0 radical (unpaired) electrons. The van der Waals surface area contributed by atoms with Gasteiger partial charge in [0.05, 0.1) is 10.6 Å². The van der Waals surface area contributed by atoms with Crippen molar-refractivity contribution in [3.05, 3.63) is 93.5 Å². The molecule has 168 valence electrons. The van der Waals surface area contributed by atoms with Gasteiger partial charge in [-0.15, -0.1) is 0 Å². The van der Waals surface area contributed by atoms with Gasteiger partial charge in [0.15, 0.2) is 0 Å². The number of benzene rings is 3. The topological polar surface area (TPSA) is 66.5 Å². The zero-order chi connectivity index (χ0) is 23.3. The van der Waals surface area contributed by atoms with Crippen LogP contribution in [0.15, 0.2) is 71.6 Å². The Bertz CT molecular complexity index is 1190. The molecule has 0 aromatic heterocycles. The molecule has 1 amide bonds. The number of sulfonamides is 1. The van der Waals surface area contributed by atoms with E-state index in [4.69, 9.17) is 23.2 Å². The third-order valence-corrected chi connectivity index (χ3v) is 7.23. The van der Waals surface area contributed by atoms with E-state index in [2.05, 4.69) is 5.32 Å². The maximum atomic E-state index is 13.4. The maximum absolute atomic E-state index is 13.4. The molecule has 0 aliphatic rings. The van der Waals surface area contributed by atoms with Crippen molar-refractivity contribution in [2.45, 2.75) is 25.2 Å². The van der Waals surface area contributed by atoms with Gasteiger partial charge in [0.1, 0.15) is 6.54 Å². The summed E-state index contributed by atoms with van der Waals surface area (Å²) in [6, 6.07) is 18.8. The lowest BCUT2D eigenvalue weighted by Crippen LogP contribution is -2.41. The second kappa shape index (κ2) is 10.4. The highest BCUT2D eigenvalue weighted by Crippen LogP contribution is 2.29. The lowest BCUT2D eigenvalue weighted by atomic mass is 10.1. The van der Waals surface area contributed by atoms with Crippen LogP contribution in [-0.2, 0) is 21.2 Å². The van der Waals surface area contributed by atoms with Crippen LogP contribution in [0.4, 0.5) is 5.69 Å². The second-order valence-corrected chi connectivity index (χ2v) is 10.2. The Morgan fingerprint density at radius 2 is 1.53 bits per heavy atom. The Balaban J connectivity index is 1.81. The first-order chi connectivity index (χ1) is 15.2. The zero-order valence-electron chi connectivity index (χ0n) is 17.8. The molecule has 0 bridgehead atoms. The first kappa shape index (κ1) is 24.1. The number of halogens is 2. The fourth-order valence-electron chi connectivity index (χ4n) is 3.22. The van der Waals surface area contributed by atoms with Gasteiger partial charge in [-0.05, 0) is 73.9 Å². The SMILES string of the molecule is Cc1ccc(S(=O)(=O)N(CC(=O)NCCc2ccc(Cl)cc2)c2ccc(Cl)cc2C)cc1. The molecule has 8 heteroatoms. The summed E-state index contributed by atoms with van der Waals surface area (Å²) in [5, 5.41) is 3.94. The van der Waals surface area contributed by atoms with E-state index in [0.29, 0.717) is 34.3 Å². The van der Waals surface area contributed by atoms with Gasteiger partial charge in [-0.3, -0.25) is 9.10 Å². The van der Waals surface area contributed by atoms with Crippen molar-refractivity contribution in [1.82, 2.24) is 5.32 Å². The van der Waals surface area contributed by atoms with E-state index in [1.165, 1.54) is 0 Å². The number of nitrogens with one attached hydrogen (secondary N) is 1. The van der Waals surface area contributed by atoms with Crippen LogP contribution in [0.1, 0.15) is 16.7 Å². The zero-order valence-corrected chi connectivity index (χ0v) is 20.1. The molecular formula is C24H24Cl2N2O3S. The van der Waals surface area contributed by atoms with Gasteiger partial charge in [0.2, 0.25) is 5.91 Å². The molecule has 0 unspecified atom stereocenters. The van der Waals surface area contributed by atoms with Gasteiger partial charge in [-0.25, -0.2) is 8.42 Å². The van der Waals surface area contributed by atoms with Gasteiger partial charge in [-0.1, -0.05) is 53.0 Å². The van der Waals surface area contributed by atoms with Crippen LogP contribution >= 0.6 is 23.2 Å². The van der Waals surface area contributed by atoms with Crippen molar-refractivity contribution in [3.8, 4) is 0 Å². The Morgan fingerprint density at radius 3 is 2.16 bits per heavy atom. The van der Waals surface area contributed by atoms with E-state index in [0.717, 1.165) is 15.4 Å². The smallest absolute Gasteiger partial charge is 0.264 e. The molecule has 32 heavy (non-hydrogen) atoms. The van der Waals surface area contributed by atoms with E-state index in [1.807, 2.05) is 19.1 Å². The van der Waals surface area contributed by atoms with Crippen LogP contribution in [0, 0.1) is 13.8 Å². The van der Waals surface area contributed by atoms with Crippen molar-refractivity contribution in [1.29, 1.82) is 0 Å². The summed E-state index contributed by atoms with van der Waals surface area (Å²) >= 11 is 12.0. The summed E-state index contributed by atoms with van der Waals surface area (Å²) in [4.78, 5) is 12.8. The number of anilines is 1. The summed E-state index contributed by atoms with van der Waals surface area (Å²) in [5.41, 5.74) is 3.02. The standard InChI is InChI=1S/C24H24Cl2N2O3S/c1-17-3-10-22(11-4-17)32(30,31)28(23-12-9-21(26)15-18(23)2)16-24(29)27-14-13-19-5-7-20(25)8-6-19/h3-12,15H,13-14,16H2,1-2H3,(H,27,29). The molecular weight excluding hydrogens is 467 g/mol. The minimum absolute atomic E-state index is 0.117. The molecule has 0 heterocycles. The van der Waals surface area contributed by atoms with E-state index < -0.39 is 15.9 Å². The second-order valence-electron chi connectivity index (χ2n) is 7.48. The van der Waals surface area contributed by atoms with Crippen LogP contribution < -0.4 is 9.62 Å². The number of carbonyl (C=O) groups excluding carboxylic acids is 1. The van der Waals surface area contributed by atoms with Crippen LogP contribution in [0.3, 0.4) is 0 Å². The Kier molecular flexibility index (Phi) is 7.82. The molecule has 0 spiro atoms. The lowest BCUT2D eigenvalue weighted by molar-refractivity contribution is -0.119. The van der Waals surface area contributed by atoms with E-state index in [9.17, 15) is 13.2 Å². The van der Waals surface area contributed by atoms with Crippen molar-refractivity contribution in [2.24, 2.45) is 0 Å². The molecule has 5 nitrogen and oxygen atoms in total. The van der Waals surface area contributed by atoms with Gasteiger partial charge < -0.3 is 5.32 Å². The summed E-state index contributed by atoms with van der Waals surface area (Å²) < 4.78 is 28.0. The number of amides is 1. The number of hydrogen-bond acceptors (Lipinski definition) is 3. The van der Waals surface area contributed by atoms with Crippen molar-refractivity contribution < 1.29 is 13.2 Å². The molecule has 0 saturated carbocycles. The van der Waals surface area contributed by atoms with Crippen LogP contribution in [0.2, 0.25) is 10.0 Å². The van der Waals surface area contributed by atoms with Crippen LogP contribution in [-0.4, -0.2) is 27.4 Å². The molecule has 0 aliphatic heterocycles. The van der Waals surface area contributed by atoms with Gasteiger partial charge in [0, 0.05) is 16.6 Å². The minimum Gasteiger partial charge on any atom is -0.354 e. The van der Waals surface area contributed by atoms with Gasteiger partial charge >= 0.3 is 0 Å². The quantitative estimate of drug-likeness (QED) is 0.473. The Labute approximate surface area is 199 Å². The first-order valence-corrected chi connectivity index (χ1v) is 12.2. The predicted molar refractivity (Wildman–Crippen MR) is 130 cm³/mol. The number of hydrogen-bond donors (Lipinski definition) is 1. The predicted octanol–water partition coefficient (Wildman–Crippen LogP) is 5.16. The molecule has 3 aromatic carbocycles. The number of aryl methyl sites for hydroxylation is 2. The average molecular weight is 491 g/mol. The molecule has 3 rings (SSSR count). The highest BCUT2D eigenvalue weighted by Gasteiger charge is 2.28. The van der Waals surface area contributed by atoms with Crippen molar-refractivity contribution in [2.75, 3.05) is 17.4 Å². The summed E-state index contributed by atoms with van der Waals surface area (Å²) in [6.07, 6.45) is 0.605. The van der Waals surface area contributed by atoms with E-state index >= 15 is 0 Å². The lowest BCUT2D eigenvalue weighted by Gasteiger charge is -2.26. The number of rotatable bonds is 8. The highest BCUT2D eigenvalue weighted by molar-refractivity contribution is 7.92. The van der Waals surface area contributed by atoms with Crippen LogP contribution in [0.5, 0.6) is 0 Å². The largest absolute Gasteiger partial charge is 0.354 e. The number of nitrogens with zero attached hydrogens (tertiary/aromatic N) is 1.